The van der Waals surface area contributed by atoms with Crippen molar-refractivity contribution in [1.82, 2.24) is 35.7 Å². The van der Waals surface area contributed by atoms with Gasteiger partial charge in [0.25, 0.3) is 11.6 Å². The fourth-order valence-electron chi connectivity index (χ4n) is 3.06. The summed E-state index contributed by atoms with van der Waals surface area (Å²) in [4.78, 5) is 27.7. The van der Waals surface area contributed by atoms with E-state index in [0.717, 1.165) is 14.6 Å². The number of thiazole rings is 1. The molecule has 14 nitrogen and oxygen atoms in total. The molecule has 0 spiro atoms. The number of fused-ring (bicyclic) bond motifs is 1. The van der Waals surface area contributed by atoms with E-state index in [4.69, 9.17) is 5.73 Å². The van der Waals surface area contributed by atoms with Crippen LogP contribution in [0.1, 0.15) is 21.7 Å². The predicted octanol–water partition coefficient (Wildman–Crippen LogP) is 2.81. The lowest BCUT2D eigenvalue weighted by molar-refractivity contribution is -0.384. The number of hydrogen-bond acceptors (Lipinski definition) is 13. The van der Waals surface area contributed by atoms with Gasteiger partial charge in [0.15, 0.2) is 10.0 Å². The maximum absolute atomic E-state index is 12.9. The van der Waals surface area contributed by atoms with Crippen LogP contribution in [0.2, 0.25) is 0 Å². The summed E-state index contributed by atoms with van der Waals surface area (Å²) < 4.78 is 7.77. The number of hydrazone groups is 1. The van der Waals surface area contributed by atoms with E-state index in [1.807, 2.05) is 24.3 Å². The molecule has 0 saturated carbocycles. The number of nitro groups is 1. The third-order valence-corrected chi connectivity index (χ3v) is 6.96. The highest BCUT2D eigenvalue weighted by Crippen LogP contribution is 2.32. The fraction of sp³-hybridized carbons (Fsp3) is 0.0500. The summed E-state index contributed by atoms with van der Waals surface area (Å²) in [6.45, 7) is 0. The molecule has 0 bridgehead atoms. The number of nitrogens with two attached hydrogens (primary N) is 1. The van der Waals surface area contributed by atoms with Gasteiger partial charge in [-0.25, -0.2) is 15.0 Å². The van der Waals surface area contributed by atoms with E-state index >= 15 is 0 Å². The van der Waals surface area contributed by atoms with Crippen molar-refractivity contribution in [3.05, 3.63) is 75.6 Å². The summed E-state index contributed by atoms with van der Waals surface area (Å²) in [5.74, 6) is -0.298. The van der Waals surface area contributed by atoms with Crippen molar-refractivity contribution >= 4 is 56.9 Å². The molecule has 0 radical (unpaired) electrons. The van der Waals surface area contributed by atoms with Crippen molar-refractivity contribution in [3.8, 4) is 5.82 Å². The number of nitrogens with one attached hydrogen (secondary N) is 1. The van der Waals surface area contributed by atoms with Crippen LogP contribution >= 0.6 is 23.1 Å². The topological polar surface area (TPSA) is 193 Å². The van der Waals surface area contributed by atoms with E-state index in [9.17, 15) is 14.9 Å². The number of rotatable bonds is 8. The number of carbonyl (C=O) groups excluding carboxylic acids is 1. The van der Waals surface area contributed by atoms with Gasteiger partial charge in [0.1, 0.15) is 0 Å². The lowest BCUT2D eigenvalue weighted by atomic mass is 10.2. The molecule has 3 aromatic heterocycles. The van der Waals surface area contributed by atoms with E-state index in [1.54, 1.807) is 0 Å². The average Bonchev–Trinajstić information content (AvgIpc) is 3.60. The molecule has 180 valence electrons. The Balaban J connectivity index is 1.37. The number of aromatic nitrogens is 6. The van der Waals surface area contributed by atoms with Crippen molar-refractivity contribution < 1.29 is 14.3 Å². The lowest BCUT2D eigenvalue weighted by Crippen LogP contribution is -2.20. The maximum Gasteiger partial charge on any atom is 0.293 e. The first kappa shape index (κ1) is 23.1. The number of nitrogens with zero attached hydrogens (tertiary/aromatic N) is 8. The molecular weight excluding hydrogens is 508 g/mol. The smallest absolute Gasteiger partial charge is 0.293 e. The number of hydrogen-bond donors (Lipinski definition) is 2. The molecule has 0 atom stereocenters. The number of carbonyl (C=O) groups is 1. The van der Waals surface area contributed by atoms with Crippen molar-refractivity contribution in [2.24, 2.45) is 5.10 Å². The fourth-order valence-corrected chi connectivity index (χ4v) is 5.12. The van der Waals surface area contributed by atoms with Gasteiger partial charge in [-0.15, -0.1) is 16.4 Å². The van der Waals surface area contributed by atoms with E-state index in [2.05, 4.69) is 40.8 Å². The predicted molar refractivity (Wildman–Crippen MR) is 131 cm³/mol. The van der Waals surface area contributed by atoms with Gasteiger partial charge in [-0.2, -0.15) is 9.78 Å². The number of nitro benzene ring substituents is 1. The molecule has 0 aliphatic rings. The first-order chi connectivity index (χ1) is 17.5. The minimum Gasteiger partial charge on any atom is -0.378 e. The van der Waals surface area contributed by atoms with Gasteiger partial charge in [-0.3, -0.25) is 14.9 Å². The Hall–Kier alpha value is -4.70. The first-order valence-electron chi connectivity index (χ1n) is 10.1. The Morgan fingerprint density at radius 2 is 2.06 bits per heavy atom. The molecule has 1 amide bonds. The molecule has 5 rings (SSSR count). The highest BCUT2D eigenvalue weighted by molar-refractivity contribution is 8.00. The van der Waals surface area contributed by atoms with Gasteiger partial charge < -0.3 is 5.73 Å². The van der Waals surface area contributed by atoms with Gasteiger partial charge in [0.05, 0.1) is 27.0 Å². The Kier molecular flexibility index (Phi) is 6.33. The molecular formula is C20H14N10O4S2. The third-order valence-electron chi connectivity index (χ3n) is 4.76. The van der Waals surface area contributed by atoms with Crippen LogP contribution in [0.4, 0.5) is 11.5 Å². The number of para-hydroxylation sites is 1. The standard InChI is InChI=1S/C20H14N10O4S2/c21-17-18(27-34-26-17)29-14(10-35-20-23-13-3-1-2-4-15(13)36-20)16(24-28-29)19(31)25-22-9-11-5-7-12(8-6-11)30(32)33/h1-9H,10H2,(H2,21,26)(H,25,31)/b22-9+. The van der Waals surface area contributed by atoms with E-state index < -0.39 is 10.8 Å². The van der Waals surface area contributed by atoms with Crippen LogP contribution in [0.25, 0.3) is 16.0 Å². The molecule has 0 saturated heterocycles. The Labute approximate surface area is 209 Å². The number of benzene rings is 2. The second-order valence-corrected chi connectivity index (χ2v) is 9.31. The number of non-ortho nitro benzene ring substituents is 1. The largest absolute Gasteiger partial charge is 0.378 e. The molecule has 36 heavy (non-hydrogen) atoms. The highest BCUT2D eigenvalue weighted by Gasteiger charge is 2.24. The minimum atomic E-state index is -0.630. The SMILES string of the molecule is Nc1nonc1-n1nnc(C(=O)N/N=C/c2ccc([N+](=O)[O-])cc2)c1CSc1nc2ccccc2s1. The molecule has 0 aliphatic heterocycles. The van der Waals surface area contributed by atoms with Gasteiger partial charge in [0, 0.05) is 17.9 Å². The molecule has 3 N–H and O–H groups in total. The molecule has 0 fully saturated rings. The zero-order valence-electron chi connectivity index (χ0n) is 18.0. The van der Waals surface area contributed by atoms with Crippen molar-refractivity contribution in [3.63, 3.8) is 0 Å². The van der Waals surface area contributed by atoms with Crippen molar-refractivity contribution in [1.29, 1.82) is 0 Å². The summed E-state index contributed by atoms with van der Waals surface area (Å²) in [5.41, 5.74) is 9.95. The van der Waals surface area contributed by atoms with Gasteiger partial charge in [0.2, 0.25) is 11.6 Å². The van der Waals surface area contributed by atoms with Gasteiger partial charge in [-0.05, 0) is 40.1 Å². The maximum atomic E-state index is 12.9. The Morgan fingerprint density at radius 1 is 1.25 bits per heavy atom. The monoisotopic (exact) mass is 522 g/mol. The van der Waals surface area contributed by atoms with Crippen LogP contribution in [0.3, 0.4) is 0 Å². The third kappa shape index (κ3) is 4.75. The molecule has 16 heteroatoms. The minimum absolute atomic E-state index is 0.00754. The van der Waals surface area contributed by atoms with Crippen LogP contribution in [-0.4, -0.2) is 47.3 Å². The highest BCUT2D eigenvalue weighted by atomic mass is 32.2. The number of anilines is 1. The van der Waals surface area contributed by atoms with Crippen molar-refractivity contribution in [2.45, 2.75) is 10.1 Å². The van der Waals surface area contributed by atoms with Crippen LogP contribution in [0.15, 0.2) is 62.6 Å². The second-order valence-electron chi connectivity index (χ2n) is 7.05. The Bertz CT molecular complexity index is 1560. The summed E-state index contributed by atoms with van der Waals surface area (Å²) in [7, 11) is 0. The van der Waals surface area contributed by atoms with E-state index in [0.29, 0.717) is 11.3 Å². The second kappa shape index (κ2) is 9.88. The van der Waals surface area contributed by atoms with E-state index in [1.165, 1.54) is 58.3 Å². The zero-order valence-corrected chi connectivity index (χ0v) is 19.6. The Morgan fingerprint density at radius 3 is 2.78 bits per heavy atom. The summed E-state index contributed by atoms with van der Waals surface area (Å²) in [6, 6.07) is 13.4. The van der Waals surface area contributed by atoms with Crippen LogP contribution < -0.4 is 11.2 Å². The van der Waals surface area contributed by atoms with Crippen LogP contribution in [0, 0.1) is 10.1 Å². The van der Waals surface area contributed by atoms with Crippen LogP contribution in [-0.2, 0) is 5.75 Å². The summed E-state index contributed by atoms with van der Waals surface area (Å²) in [5, 5.41) is 30.0. The van der Waals surface area contributed by atoms with Gasteiger partial charge in [-0.1, -0.05) is 29.1 Å². The van der Waals surface area contributed by atoms with E-state index in [-0.39, 0.29) is 28.8 Å². The van der Waals surface area contributed by atoms with Crippen LogP contribution in [0.5, 0.6) is 0 Å². The molecule has 2 aromatic carbocycles. The summed E-state index contributed by atoms with van der Waals surface area (Å²) in [6.07, 6.45) is 1.35. The zero-order chi connectivity index (χ0) is 25.1. The van der Waals surface area contributed by atoms with Crippen molar-refractivity contribution in [2.75, 3.05) is 5.73 Å². The summed E-state index contributed by atoms with van der Waals surface area (Å²) >= 11 is 2.91. The first-order valence-corrected chi connectivity index (χ1v) is 11.9. The number of thioether (sulfide) groups is 1. The molecule has 3 heterocycles. The quantitative estimate of drug-likeness (QED) is 0.132. The molecule has 0 aliphatic carbocycles. The average molecular weight is 523 g/mol. The lowest BCUT2D eigenvalue weighted by Gasteiger charge is -2.04. The molecule has 0 unspecified atom stereocenters. The normalized spacial score (nSPS) is 11.3. The molecule has 5 aromatic rings. The number of nitrogen functional groups attached to an aromatic ring is 1. The van der Waals surface area contributed by atoms with Gasteiger partial charge >= 0.3 is 0 Å². The number of amides is 1.